The molecule has 20 heavy (non-hydrogen) atoms. The van der Waals surface area contributed by atoms with Gasteiger partial charge in [0.25, 0.3) is 0 Å². The van der Waals surface area contributed by atoms with Gasteiger partial charge in [-0.3, -0.25) is 4.68 Å². The fourth-order valence-electron chi connectivity index (χ4n) is 2.06. The van der Waals surface area contributed by atoms with E-state index in [1.165, 1.54) is 0 Å². The first-order chi connectivity index (χ1) is 9.70. The van der Waals surface area contributed by atoms with E-state index in [-0.39, 0.29) is 0 Å². The van der Waals surface area contributed by atoms with Crippen molar-refractivity contribution >= 4 is 5.97 Å². The zero-order valence-corrected chi connectivity index (χ0v) is 11.5. The minimum Gasteiger partial charge on any atom is -0.478 e. The minimum absolute atomic E-state index is 0.344. The average molecular weight is 273 g/mol. The number of hydrogen-bond donors (Lipinski definition) is 2. The third-order valence-electron chi connectivity index (χ3n) is 3.02. The van der Waals surface area contributed by atoms with Gasteiger partial charge in [0.2, 0.25) is 0 Å². The van der Waals surface area contributed by atoms with Gasteiger partial charge in [-0.1, -0.05) is 25.1 Å². The van der Waals surface area contributed by atoms with Crippen LogP contribution in [-0.2, 0) is 19.6 Å². The van der Waals surface area contributed by atoms with Gasteiger partial charge in [-0.25, -0.2) is 4.79 Å². The van der Waals surface area contributed by atoms with Gasteiger partial charge < -0.3 is 10.4 Å². The van der Waals surface area contributed by atoms with Crippen LogP contribution < -0.4 is 5.32 Å². The van der Waals surface area contributed by atoms with Gasteiger partial charge in [0.05, 0.1) is 11.3 Å². The van der Waals surface area contributed by atoms with Crippen molar-refractivity contribution < 1.29 is 9.90 Å². The maximum atomic E-state index is 11.1. The Labute approximate surface area is 118 Å². The first kappa shape index (κ1) is 14.3. The molecule has 0 amide bonds. The molecular formula is C15H19N3O2. The zero-order chi connectivity index (χ0) is 14.4. The third-order valence-corrected chi connectivity index (χ3v) is 3.02. The van der Waals surface area contributed by atoms with E-state index < -0.39 is 5.97 Å². The van der Waals surface area contributed by atoms with Crippen LogP contribution in [0.4, 0.5) is 0 Å². The van der Waals surface area contributed by atoms with Crippen molar-refractivity contribution in [2.75, 3.05) is 0 Å². The van der Waals surface area contributed by atoms with Crippen LogP contribution >= 0.6 is 0 Å². The van der Waals surface area contributed by atoms with Crippen molar-refractivity contribution in [1.82, 2.24) is 15.1 Å². The van der Waals surface area contributed by atoms with E-state index in [9.17, 15) is 4.79 Å². The molecule has 0 unspecified atom stereocenters. The number of aryl methyl sites for hydroxylation is 1. The Morgan fingerprint density at radius 1 is 1.30 bits per heavy atom. The molecular weight excluding hydrogens is 254 g/mol. The highest BCUT2D eigenvalue weighted by Crippen LogP contribution is 2.08. The summed E-state index contributed by atoms with van der Waals surface area (Å²) in [5.74, 6) is -0.894. The van der Waals surface area contributed by atoms with E-state index in [2.05, 4.69) is 17.3 Å². The third kappa shape index (κ3) is 3.68. The Bertz CT molecular complexity index is 578. The maximum absolute atomic E-state index is 11.1. The van der Waals surface area contributed by atoms with E-state index >= 15 is 0 Å². The summed E-state index contributed by atoms with van der Waals surface area (Å²) < 4.78 is 1.92. The second-order valence-electron chi connectivity index (χ2n) is 4.64. The molecule has 5 nitrogen and oxygen atoms in total. The van der Waals surface area contributed by atoms with Gasteiger partial charge in [-0.15, -0.1) is 0 Å². The molecule has 0 aliphatic rings. The lowest BCUT2D eigenvalue weighted by Gasteiger charge is -2.06. The van der Waals surface area contributed by atoms with Crippen molar-refractivity contribution in [3.8, 4) is 0 Å². The molecule has 0 saturated carbocycles. The Balaban J connectivity index is 1.91. The van der Waals surface area contributed by atoms with E-state index in [1.807, 2.05) is 29.1 Å². The first-order valence-corrected chi connectivity index (χ1v) is 6.75. The zero-order valence-electron chi connectivity index (χ0n) is 11.5. The topological polar surface area (TPSA) is 67.2 Å². The Morgan fingerprint density at radius 2 is 2.10 bits per heavy atom. The predicted molar refractivity (Wildman–Crippen MR) is 76.5 cm³/mol. The largest absolute Gasteiger partial charge is 0.478 e. The number of hydrogen-bond acceptors (Lipinski definition) is 3. The van der Waals surface area contributed by atoms with Crippen LogP contribution in [0.1, 0.15) is 35.0 Å². The summed E-state index contributed by atoms with van der Waals surface area (Å²) in [5, 5.41) is 16.8. The summed E-state index contributed by atoms with van der Waals surface area (Å²) in [5.41, 5.74) is 2.09. The van der Waals surface area contributed by atoms with Gasteiger partial charge in [0.1, 0.15) is 0 Å². The Hall–Kier alpha value is -2.14. The molecule has 1 aromatic heterocycles. The number of aromatic carboxylic acids is 1. The highest BCUT2D eigenvalue weighted by molar-refractivity contribution is 5.89. The van der Waals surface area contributed by atoms with E-state index in [0.29, 0.717) is 18.7 Å². The molecule has 0 spiro atoms. The van der Waals surface area contributed by atoms with Crippen molar-refractivity contribution in [3.63, 3.8) is 0 Å². The number of aromatic nitrogens is 2. The van der Waals surface area contributed by atoms with E-state index in [4.69, 9.17) is 5.11 Å². The standard InChI is InChI=1S/C15H19N3O2/c1-2-8-18-9-7-13(17-18)11-16-10-12-5-3-4-6-14(12)15(19)20/h3-7,9,16H,2,8,10-11H2,1H3,(H,19,20). The van der Waals surface area contributed by atoms with Crippen LogP contribution in [0.2, 0.25) is 0 Å². The minimum atomic E-state index is -0.894. The number of rotatable bonds is 7. The van der Waals surface area contributed by atoms with Gasteiger partial charge in [0.15, 0.2) is 0 Å². The van der Waals surface area contributed by atoms with Crippen molar-refractivity contribution in [2.45, 2.75) is 33.0 Å². The summed E-state index contributed by atoms with van der Waals surface area (Å²) in [6, 6.07) is 9.01. The maximum Gasteiger partial charge on any atom is 0.336 e. The Kier molecular flexibility index (Phi) is 4.90. The highest BCUT2D eigenvalue weighted by atomic mass is 16.4. The quantitative estimate of drug-likeness (QED) is 0.812. The fraction of sp³-hybridized carbons (Fsp3) is 0.333. The highest BCUT2D eigenvalue weighted by Gasteiger charge is 2.08. The number of benzene rings is 1. The van der Waals surface area contributed by atoms with Crippen molar-refractivity contribution in [1.29, 1.82) is 0 Å². The first-order valence-electron chi connectivity index (χ1n) is 6.75. The molecule has 2 N–H and O–H groups in total. The molecule has 2 aromatic rings. The molecule has 5 heteroatoms. The molecule has 1 aromatic carbocycles. The van der Waals surface area contributed by atoms with Crippen molar-refractivity contribution in [2.24, 2.45) is 0 Å². The average Bonchev–Trinajstić information content (AvgIpc) is 2.87. The number of carboxylic acid groups (broad SMARTS) is 1. The molecule has 0 radical (unpaired) electrons. The number of nitrogens with zero attached hydrogens (tertiary/aromatic N) is 2. The van der Waals surface area contributed by atoms with E-state index in [0.717, 1.165) is 24.2 Å². The van der Waals surface area contributed by atoms with Gasteiger partial charge >= 0.3 is 5.97 Å². The second kappa shape index (κ2) is 6.86. The van der Waals surface area contributed by atoms with Crippen LogP contribution in [-0.4, -0.2) is 20.9 Å². The van der Waals surface area contributed by atoms with Gasteiger partial charge in [-0.05, 0) is 24.1 Å². The van der Waals surface area contributed by atoms with Gasteiger partial charge in [0, 0.05) is 25.8 Å². The smallest absolute Gasteiger partial charge is 0.336 e. The number of nitrogens with one attached hydrogen (secondary N) is 1. The molecule has 0 atom stereocenters. The molecule has 2 rings (SSSR count). The summed E-state index contributed by atoms with van der Waals surface area (Å²) in [6.45, 7) is 4.18. The molecule has 0 aliphatic carbocycles. The van der Waals surface area contributed by atoms with E-state index in [1.54, 1.807) is 12.1 Å². The summed E-state index contributed by atoms with van der Waals surface area (Å²) in [7, 11) is 0. The lowest BCUT2D eigenvalue weighted by molar-refractivity contribution is 0.0695. The number of carbonyl (C=O) groups is 1. The Morgan fingerprint density at radius 3 is 2.85 bits per heavy atom. The van der Waals surface area contributed by atoms with Crippen LogP contribution in [0, 0.1) is 0 Å². The molecule has 0 fully saturated rings. The molecule has 1 heterocycles. The molecule has 0 bridgehead atoms. The lowest BCUT2D eigenvalue weighted by atomic mass is 10.1. The monoisotopic (exact) mass is 273 g/mol. The van der Waals surface area contributed by atoms with Crippen LogP contribution in [0.3, 0.4) is 0 Å². The number of carboxylic acids is 1. The summed E-state index contributed by atoms with van der Waals surface area (Å²) in [4.78, 5) is 11.1. The SMILES string of the molecule is CCCn1ccc(CNCc2ccccc2C(=O)O)n1. The fourth-order valence-corrected chi connectivity index (χ4v) is 2.06. The predicted octanol–water partition coefficient (Wildman–Crippen LogP) is 2.28. The lowest BCUT2D eigenvalue weighted by Crippen LogP contribution is -2.16. The van der Waals surface area contributed by atoms with Crippen LogP contribution in [0.25, 0.3) is 0 Å². The molecule has 0 aliphatic heterocycles. The summed E-state index contributed by atoms with van der Waals surface area (Å²) >= 11 is 0. The summed E-state index contributed by atoms with van der Waals surface area (Å²) in [6.07, 6.45) is 3.02. The normalized spacial score (nSPS) is 10.7. The molecule has 106 valence electrons. The van der Waals surface area contributed by atoms with Gasteiger partial charge in [-0.2, -0.15) is 5.10 Å². The molecule has 0 saturated heterocycles. The van der Waals surface area contributed by atoms with Crippen molar-refractivity contribution in [3.05, 3.63) is 53.3 Å². The van der Waals surface area contributed by atoms with Crippen LogP contribution in [0.15, 0.2) is 36.5 Å². The van der Waals surface area contributed by atoms with Crippen LogP contribution in [0.5, 0.6) is 0 Å². The second-order valence-corrected chi connectivity index (χ2v) is 4.64.